The van der Waals surface area contributed by atoms with Crippen LogP contribution in [0.15, 0.2) is 16.3 Å². The van der Waals surface area contributed by atoms with Crippen LogP contribution in [0.5, 0.6) is 0 Å². The number of piperidine rings is 1. The van der Waals surface area contributed by atoms with Crippen LogP contribution in [0.4, 0.5) is 31.5 Å². The molecule has 2 aliphatic rings. The number of alkyl halides is 6. The highest BCUT2D eigenvalue weighted by atomic mass is 32.1. The Morgan fingerprint density at radius 1 is 1.13 bits per heavy atom. The van der Waals surface area contributed by atoms with Gasteiger partial charge >= 0.3 is 12.4 Å². The highest BCUT2D eigenvalue weighted by Gasteiger charge is 2.53. The summed E-state index contributed by atoms with van der Waals surface area (Å²) in [7, 11) is 0. The fraction of sp³-hybridized carbons (Fsp3) is 0.600. The van der Waals surface area contributed by atoms with Crippen molar-refractivity contribution in [3.8, 4) is 0 Å². The number of anilines is 1. The third-order valence-corrected chi connectivity index (χ3v) is 5.94. The molecule has 1 aromatic heterocycles. The first-order chi connectivity index (χ1) is 13.8. The van der Waals surface area contributed by atoms with Gasteiger partial charge in [0.1, 0.15) is 11.8 Å². The molecule has 1 amide bonds. The number of aromatic nitrogens is 2. The lowest BCUT2D eigenvalue weighted by atomic mass is 9.82. The van der Waals surface area contributed by atoms with Crippen LogP contribution >= 0.6 is 11.3 Å². The molecule has 0 spiro atoms. The standard InChI is InChI=1S/C15H16F6N6O2S/c16-14(17,18)7-6(10(23)24-11(29)9(7)28)8(22)5-1-3-27(4-2-5)13-26-25-12(30-13)15(19,20)21/h5,7,9,28H,1-4,22H2,(H2,23,24,29)/t7-,9-/m1/s1. The summed E-state index contributed by atoms with van der Waals surface area (Å²) in [4.78, 5) is 16.3. The Morgan fingerprint density at radius 2 is 1.73 bits per heavy atom. The molecule has 0 bridgehead atoms. The van der Waals surface area contributed by atoms with Gasteiger partial charge in [0.2, 0.25) is 10.1 Å². The van der Waals surface area contributed by atoms with Gasteiger partial charge in [-0.15, -0.1) is 10.2 Å². The molecule has 30 heavy (non-hydrogen) atoms. The summed E-state index contributed by atoms with van der Waals surface area (Å²) in [6.45, 7) is 0.334. The van der Waals surface area contributed by atoms with Crippen LogP contribution < -0.4 is 16.4 Å². The third kappa shape index (κ3) is 4.21. The number of nitrogens with two attached hydrogens (primary N) is 2. The van der Waals surface area contributed by atoms with Crippen LogP contribution in [0, 0.1) is 11.8 Å². The van der Waals surface area contributed by atoms with Crippen molar-refractivity contribution in [3.05, 3.63) is 16.3 Å². The molecule has 3 heterocycles. The zero-order valence-electron chi connectivity index (χ0n) is 15.0. The number of carbonyl (C=O) groups is 1. The molecular formula is C15H16F6N6O2S. The van der Waals surface area contributed by atoms with Gasteiger partial charge in [0.25, 0.3) is 5.91 Å². The fourth-order valence-electron chi connectivity index (χ4n) is 3.43. The summed E-state index contributed by atoms with van der Waals surface area (Å²) >= 11 is 0.366. The quantitative estimate of drug-likeness (QED) is 0.572. The van der Waals surface area contributed by atoms with Crippen molar-refractivity contribution in [1.82, 2.24) is 10.2 Å². The second-order valence-corrected chi connectivity index (χ2v) is 7.77. The molecule has 1 fully saturated rings. The summed E-state index contributed by atoms with van der Waals surface area (Å²) in [5.41, 5.74) is 10.6. The number of aliphatic hydroxyl groups is 1. The molecule has 1 saturated heterocycles. The zero-order chi connectivity index (χ0) is 22.4. The predicted octanol–water partition coefficient (Wildman–Crippen LogP) is 1.42. The van der Waals surface area contributed by atoms with Crippen molar-refractivity contribution in [1.29, 1.82) is 0 Å². The van der Waals surface area contributed by atoms with Crippen LogP contribution in [0.3, 0.4) is 0 Å². The Balaban J connectivity index is 1.81. The molecule has 0 aliphatic carbocycles. The Hall–Kier alpha value is -2.42. The second kappa shape index (κ2) is 7.68. The number of aliphatic hydroxyl groups excluding tert-OH is 1. The van der Waals surface area contributed by atoms with E-state index >= 15 is 0 Å². The lowest BCUT2D eigenvalue weighted by molar-refractivity contribution is -0.190. The van der Waals surface area contributed by atoms with Crippen LogP contribution in [0.1, 0.15) is 17.8 Å². The molecule has 0 saturated carbocycles. The van der Waals surface area contributed by atoms with E-state index in [4.69, 9.17) is 11.5 Å². The van der Waals surface area contributed by atoms with E-state index in [9.17, 15) is 36.2 Å². The van der Waals surface area contributed by atoms with E-state index in [1.807, 2.05) is 0 Å². The van der Waals surface area contributed by atoms with Gasteiger partial charge in [-0.1, -0.05) is 11.3 Å². The highest BCUT2D eigenvalue weighted by Crippen LogP contribution is 2.41. The summed E-state index contributed by atoms with van der Waals surface area (Å²) in [5, 5.41) is 15.3. The number of rotatable bonds is 2. The number of amidine groups is 1. The first-order valence-electron chi connectivity index (χ1n) is 8.59. The molecule has 0 aromatic carbocycles. The molecule has 0 unspecified atom stereocenters. The van der Waals surface area contributed by atoms with Gasteiger partial charge in [-0.25, -0.2) is 0 Å². The Bertz CT molecular complexity index is 887. The van der Waals surface area contributed by atoms with Crippen molar-refractivity contribution in [2.24, 2.45) is 28.3 Å². The lowest BCUT2D eigenvalue weighted by Gasteiger charge is -2.35. The SMILES string of the molecule is NC1=NC(=O)[C@H](O)[C@H](C(F)(F)F)C1=C(N)C1CCN(c2nnc(C(F)(F)F)s2)CC1. The fourth-order valence-corrected chi connectivity index (χ4v) is 4.20. The van der Waals surface area contributed by atoms with Gasteiger partial charge in [0, 0.05) is 30.3 Å². The molecule has 15 heteroatoms. The van der Waals surface area contributed by atoms with Crippen molar-refractivity contribution in [2.45, 2.75) is 31.3 Å². The second-order valence-electron chi connectivity index (χ2n) is 6.82. The minimum atomic E-state index is -4.99. The number of aliphatic imine (C=N–C) groups is 1. The Morgan fingerprint density at radius 3 is 2.23 bits per heavy atom. The first kappa shape index (κ1) is 22.3. The minimum Gasteiger partial charge on any atom is -0.401 e. The normalized spacial score (nSPS) is 26.0. The average molecular weight is 458 g/mol. The summed E-state index contributed by atoms with van der Waals surface area (Å²) in [5.74, 6) is -5.31. The molecule has 1 aromatic rings. The number of hydrogen-bond donors (Lipinski definition) is 3. The van der Waals surface area contributed by atoms with Crippen LogP contribution in [-0.4, -0.2) is 52.4 Å². The first-order valence-corrected chi connectivity index (χ1v) is 9.40. The maximum Gasteiger partial charge on any atom is 0.445 e. The number of carbonyl (C=O) groups excluding carboxylic acids is 1. The number of halogens is 6. The summed E-state index contributed by atoms with van der Waals surface area (Å²) in [6.07, 6.45) is -11.7. The monoisotopic (exact) mass is 458 g/mol. The largest absolute Gasteiger partial charge is 0.445 e. The smallest absolute Gasteiger partial charge is 0.401 e. The molecule has 5 N–H and O–H groups in total. The molecule has 2 aliphatic heterocycles. The molecule has 8 nitrogen and oxygen atoms in total. The van der Waals surface area contributed by atoms with E-state index in [1.54, 1.807) is 0 Å². The van der Waals surface area contributed by atoms with Crippen molar-refractivity contribution < 1.29 is 36.2 Å². The van der Waals surface area contributed by atoms with Gasteiger partial charge < -0.3 is 21.5 Å². The molecular weight excluding hydrogens is 442 g/mol. The topological polar surface area (TPSA) is 131 Å². The number of allylic oxidation sites excluding steroid dienone is 1. The Kier molecular flexibility index (Phi) is 5.70. The van der Waals surface area contributed by atoms with E-state index in [0.29, 0.717) is 11.3 Å². The van der Waals surface area contributed by atoms with E-state index in [0.717, 1.165) is 0 Å². The minimum absolute atomic E-state index is 0.0416. The lowest BCUT2D eigenvalue weighted by Crippen LogP contribution is -2.49. The maximum absolute atomic E-state index is 13.5. The van der Waals surface area contributed by atoms with Crippen LogP contribution in [0.25, 0.3) is 0 Å². The third-order valence-electron chi connectivity index (χ3n) is 4.91. The van der Waals surface area contributed by atoms with Gasteiger partial charge in [-0.2, -0.15) is 31.3 Å². The number of amides is 1. The average Bonchev–Trinajstić information content (AvgIpc) is 3.13. The summed E-state index contributed by atoms with van der Waals surface area (Å²) < 4.78 is 78.5. The maximum atomic E-state index is 13.5. The van der Waals surface area contributed by atoms with E-state index in [2.05, 4.69) is 15.2 Å². The van der Waals surface area contributed by atoms with Gasteiger partial charge in [-0.3, -0.25) is 4.79 Å². The molecule has 2 atom stereocenters. The van der Waals surface area contributed by atoms with E-state index < -0.39 is 52.6 Å². The summed E-state index contributed by atoms with van der Waals surface area (Å²) in [6, 6.07) is 0. The molecule has 166 valence electrons. The molecule has 0 radical (unpaired) electrons. The van der Waals surface area contributed by atoms with E-state index in [-0.39, 0.29) is 36.8 Å². The van der Waals surface area contributed by atoms with Crippen LogP contribution in [0.2, 0.25) is 0 Å². The van der Waals surface area contributed by atoms with Gasteiger partial charge in [-0.05, 0) is 12.8 Å². The van der Waals surface area contributed by atoms with Gasteiger partial charge in [0.15, 0.2) is 6.10 Å². The Labute approximate surface area is 169 Å². The predicted molar refractivity (Wildman–Crippen MR) is 93.2 cm³/mol. The van der Waals surface area contributed by atoms with Gasteiger partial charge in [0.05, 0.1) is 0 Å². The number of hydrogen-bond acceptors (Lipinski definition) is 8. The van der Waals surface area contributed by atoms with Crippen molar-refractivity contribution in [2.75, 3.05) is 18.0 Å². The van der Waals surface area contributed by atoms with Crippen LogP contribution in [-0.2, 0) is 11.0 Å². The molecule has 3 rings (SSSR count). The zero-order valence-corrected chi connectivity index (χ0v) is 15.9. The highest BCUT2D eigenvalue weighted by molar-refractivity contribution is 7.15. The number of nitrogens with zero attached hydrogens (tertiary/aromatic N) is 4. The van der Waals surface area contributed by atoms with E-state index in [1.165, 1.54) is 4.90 Å². The van der Waals surface area contributed by atoms with Crippen molar-refractivity contribution >= 4 is 28.2 Å². The van der Waals surface area contributed by atoms with Crippen molar-refractivity contribution in [3.63, 3.8) is 0 Å².